The molecule has 0 spiro atoms. The molecule has 0 atom stereocenters. The van der Waals surface area contributed by atoms with E-state index < -0.39 is 0 Å². The molecule has 1 heterocycles. The molecule has 0 bridgehead atoms. The third-order valence-electron chi connectivity index (χ3n) is 2.12. The van der Waals surface area contributed by atoms with E-state index in [0.717, 1.165) is 10.9 Å². The summed E-state index contributed by atoms with van der Waals surface area (Å²) in [6.07, 6.45) is 7.19. The third kappa shape index (κ3) is 1.40. The molecule has 0 radical (unpaired) electrons. The minimum Gasteiger partial charge on any atom is -0.508 e. The van der Waals surface area contributed by atoms with E-state index >= 15 is 0 Å². The van der Waals surface area contributed by atoms with Crippen molar-refractivity contribution >= 4 is 10.9 Å². The Morgan fingerprint density at radius 2 is 2.21 bits per heavy atom. The van der Waals surface area contributed by atoms with Crippen LogP contribution >= 0.6 is 0 Å². The van der Waals surface area contributed by atoms with Gasteiger partial charge in [-0.25, -0.2) is 0 Å². The van der Waals surface area contributed by atoms with Crippen molar-refractivity contribution < 1.29 is 9.67 Å². The van der Waals surface area contributed by atoms with Gasteiger partial charge in [0.1, 0.15) is 5.75 Å². The highest BCUT2D eigenvalue weighted by molar-refractivity contribution is 5.76. The van der Waals surface area contributed by atoms with Crippen LogP contribution in [0.4, 0.5) is 0 Å². The van der Waals surface area contributed by atoms with Crippen molar-refractivity contribution in [1.29, 1.82) is 0 Å². The van der Waals surface area contributed by atoms with Crippen molar-refractivity contribution in [2.45, 2.75) is 6.54 Å². The van der Waals surface area contributed by atoms with Crippen molar-refractivity contribution in [3.05, 3.63) is 36.5 Å². The number of hydrogen-bond donors (Lipinski definition) is 1. The largest absolute Gasteiger partial charge is 0.508 e. The number of rotatable bonds is 1. The smallest absolute Gasteiger partial charge is 0.213 e. The van der Waals surface area contributed by atoms with Crippen LogP contribution in [0.15, 0.2) is 36.5 Å². The normalized spacial score (nSPS) is 9.93. The number of pyridine rings is 1. The van der Waals surface area contributed by atoms with Gasteiger partial charge in [-0.1, -0.05) is 0 Å². The van der Waals surface area contributed by atoms with Crippen LogP contribution in [-0.2, 0) is 6.54 Å². The number of hydrogen-bond acceptors (Lipinski definition) is 1. The molecule has 0 aliphatic carbocycles. The average molecular weight is 184 g/mol. The van der Waals surface area contributed by atoms with Gasteiger partial charge in [0.25, 0.3) is 0 Å². The first-order chi connectivity index (χ1) is 6.81. The van der Waals surface area contributed by atoms with E-state index in [2.05, 4.69) is 5.92 Å². The van der Waals surface area contributed by atoms with Crippen molar-refractivity contribution in [1.82, 2.24) is 0 Å². The van der Waals surface area contributed by atoms with Gasteiger partial charge in [-0.05, 0) is 24.1 Å². The Morgan fingerprint density at radius 1 is 1.36 bits per heavy atom. The highest BCUT2D eigenvalue weighted by Gasteiger charge is 2.06. The SMILES string of the molecule is C#CC[n+]1cccc2cc(O)ccc21. The molecule has 2 aromatic rings. The molecule has 1 aromatic carbocycles. The Bertz CT molecular complexity index is 511. The lowest BCUT2D eigenvalue weighted by Gasteiger charge is -1.98. The molecule has 0 amide bonds. The zero-order valence-electron chi connectivity index (χ0n) is 7.64. The summed E-state index contributed by atoms with van der Waals surface area (Å²) < 4.78 is 1.97. The van der Waals surface area contributed by atoms with Crippen LogP contribution in [0.5, 0.6) is 5.75 Å². The molecular weight excluding hydrogens is 174 g/mol. The molecule has 0 aliphatic heterocycles. The maximum Gasteiger partial charge on any atom is 0.213 e. The molecule has 2 heteroatoms. The van der Waals surface area contributed by atoms with E-state index in [0.29, 0.717) is 6.54 Å². The molecule has 0 unspecified atom stereocenters. The third-order valence-corrected chi connectivity index (χ3v) is 2.12. The van der Waals surface area contributed by atoms with Gasteiger partial charge in [0, 0.05) is 12.1 Å². The van der Waals surface area contributed by atoms with Crippen molar-refractivity contribution in [2.24, 2.45) is 0 Å². The number of phenols is 1. The monoisotopic (exact) mass is 184 g/mol. The van der Waals surface area contributed by atoms with Crippen LogP contribution in [0.3, 0.4) is 0 Å². The number of aromatic hydroxyl groups is 1. The lowest BCUT2D eigenvalue weighted by molar-refractivity contribution is -0.658. The number of aromatic nitrogens is 1. The lowest BCUT2D eigenvalue weighted by atomic mass is 10.2. The first kappa shape index (κ1) is 8.58. The number of nitrogens with zero attached hydrogens (tertiary/aromatic N) is 1. The molecule has 2 nitrogen and oxygen atoms in total. The summed E-state index contributed by atoms with van der Waals surface area (Å²) >= 11 is 0. The average Bonchev–Trinajstić information content (AvgIpc) is 2.18. The molecule has 1 N–H and O–H groups in total. The number of benzene rings is 1. The van der Waals surface area contributed by atoms with Gasteiger partial charge in [-0.2, -0.15) is 4.57 Å². The van der Waals surface area contributed by atoms with Gasteiger partial charge in [0.2, 0.25) is 12.1 Å². The number of phenolic OH excluding ortho intramolecular Hbond substituents is 1. The number of terminal acetylenes is 1. The molecule has 0 saturated carbocycles. The summed E-state index contributed by atoms with van der Waals surface area (Å²) in [5.41, 5.74) is 1.03. The molecule has 14 heavy (non-hydrogen) atoms. The molecule has 1 aromatic heterocycles. The van der Waals surface area contributed by atoms with Crippen LogP contribution in [0.1, 0.15) is 0 Å². The van der Waals surface area contributed by atoms with Gasteiger partial charge >= 0.3 is 0 Å². The summed E-state index contributed by atoms with van der Waals surface area (Å²) in [7, 11) is 0. The standard InChI is InChI=1S/C12H9NO/c1-2-7-13-8-3-4-10-9-11(14)5-6-12(10)13/h1,3-6,8-9H,7H2/p+1. The minimum atomic E-state index is 0.274. The fraction of sp³-hybridized carbons (Fsp3) is 0.0833. The second-order valence-corrected chi connectivity index (χ2v) is 3.08. The van der Waals surface area contributed by atoms with Crippen molar-refractivity contribution in [3.63, 3.8) is 0 Å². The quantitative estimate of drug-likeness (QED) is 0.526. The summed E-state index contributed by atoms with van der Waals surface area (Å²) in [6, 6.07) is 9.11. The molecule has 0 fully saturated rings. The fourth-order valence-electron chi connectivity index (χ4n) is 1.50. The van der Waals surface area contributed by atoms with Crippen LogP contribution in [0, 0.1) is 12.3 Å². The maximum absolute atomic E-state index is 9.30. The lowest BCUT2D eigenvalue weighted by Crippen LogP contribution is -2.33. The summed E-state index contributed by atoms with van der Waals surface area (Å²) in [5.74, 6) is 2.87. The van der Waals surface area contributed by atoms with E-state index in [9.17, 15) is 5.11 Å². The highest BCUT2D eigenvalue weighted by Crippen LogP contribution is 2.16. The van der Waals surface area contributed by atoms with Crippen LogP contribution in [-0.4, -0.2) is 5.11 Å². The second-order valence-electron chi connectivity index (χ2n) is 3.08. The van der Waals surface area contributed by atoms with Gasteiger partial charge < -0.3 is 5.11 Å². The minimum absolute atomic E-state index is 0.274. The molecule has 0 saturated heterocycles. The Hall–Kier alpha value is -2.01. The fourth-order valence-corrected chi connectivity index (χ4v) is 1.50. The van der Waals surface area contributed by atoms with Crippen LogP contribution in [0.25, 0.3) is 10.9 Å². The zero-order valence-corrected chi connectivity index (χ0v) is 7.64. The summed E-state index contributed by atoms with van der Waals surface area (Å²) in [4.78, 5) is 0. The predicted octanol–water partition coefficient (Wildman–Crippen LogP) is 1.47. The van der Waals surface area contributed by atoms with E-state index in [1.807, 2.05) is 29.0 Å². The van der Waals surface area contributed by atoms with Gasteiger partial charge in [-0.3, -0.25) is 0 Å². The second kappa shape index (κ2) is 3.39. The molecule has 68 valence electrons. The maximum atomic E-state index is 9.30. The molecule has 2 rings (SSSR count). The number of fused-ring (bicyclic) bond motifs is 1. The van der Waals surface area contributed by atoms with Gasteiger partial charge in [0.15, 0.2) is 6.20 Å². The Balaban J connectivity index is 2.70. The van der Waals surface area contributed by atoms with Gasteiger partial charge in [0.05, 0.1) is 5.39 Å². The topological polar surface area (TPSA) is 24.1 Å². The van der Waals surface area contributed by atoms with E-state index in [1.54, 1.807) is 12.1 Å². The van der Waals surface area contributed by atoms with E-state index in [4.69, 9.17) is 6.42 Å². The Morgan fingerprint density at radius 3 is 3.00 bits per heavy atom. The highest BCUT2D eigenvalue weighted by atomic mass is 16.3. The molecule has 0 aliphatic rings. The Kier molecular flexibility index (Phi) is 2.08. The predicted molar refractivity (Wildman–Crippen MR) is 54.6 cm³/mol. The first-order valence-electron chi connectivity index (χ1n) is 4.36. The van der Waals surface area contributed by atoms with Crippen molar-refractivity contribution in [2.75, 3.05) is 0 Å². The zero-order chi connectivity index (χ0) is 9.97. The van der Waals surface area contributed by atoms with Crippen molar-refractivity contribution in [3.8, 4) is 18.1 Å². The van der Waals surface area contributed by atoms with Crippen LogP contribution < -0.4 is 4.57 Å². The van der Waals surface area contributed by atoms with Crippen LogP contribution in [0.2, 0.25) is 0 Å². The molecular formula is C12H10NO+. The van der Waals surface area contributed by atoms with E-state index in [1.165, 1.54) is 0 Å². The van der Waals surface area contributed by atoms with Gasteiger partial charge in [-0.15, -0.1) is 6.42 Å². The summed E-state index contributed by atoms with van der Waals surface area (Å²) in [5, 5.41) is 10.3. The Labute approximate surface area is 82.4 Å². The first-order valence-corrected chi connectivity index (χ1v) is 4.36. The van der Waals surface area contributed by atoms with E-state index in [-0.39, 0.29) is 5.75 Å². The summed E-state index contributed by atoms with van der Waals surface area (Å²) in [6.45, 7) is 0.544.